The number of benzene rings is 2. The molecule has 0 bridgehead atoms. The summed E-state index contributed by atoms with van der Waals surface area (Å²) < 4.78 is 0. The number of quaternary nitrogens is 1. The summed E-state index contributed by atoms with van der Waals surface area (Å²) in [5.41, 5.74) is 3.52. The van der Waals surface area contributed by atoms with Gasteiger partial charge in [-0.05, 0) is 30.7 Å². The molecule has 5 heteroatoms. The van der Waals surface area contributed by atoms with Crippen molar-refractivity contribution >= 4 is 29.0 Å². The second-order valence-electron chi connectivity index (χ2n) is 7.60. The number of para-hydroxylation sites is 1. The molecule has 1 aliphatic rings. The standard InChI is InChI=1S/C22H29N3OS/c1-17-13-14-25(20-7-5-6-8-21(20)27-17)22(26)16-24(4)15-18-9-11-19(12-10-18)23(2)3/h5-12,17H,13-16H2,1-4H3/p+1/t17-/m0/s1. The van der Waals surface area contributed by atoms with E-state index < -0.39 is 0 Å². The molecule has 144 valence electrons. The summed E-state index contributed by atoms with van der Waals surface area (Å²) >= 11 is 1.87. The normalized spacial score (nSPS) is 17.8. The van der Waals surface area contributed by atoms with Gasteiger partial charge in [0.05, 0.1) is 12.7 Å². The van der Waals surface area contributed by atoms with Gasteiger partial charge < -0.3 is 14.7 Å². The predicted molar refractivity (Wildman–Crippen MR) is 115 cm³/mol. The number of carbonyl (C=O) groups is 1. The van der Waals surface area contributed by atoms with Gasteiger partial charge in [0.25, 0.3) is 5.91 Å². The molecular formula is C22H30N3OS+. The van der Waals surface area contributed by atoms with E-state index in [0.717, 1.165) is 25.2 Å². The Hall–Kier alpha value is -1.98. The van der Waals surface area contributed by atoms with Gasteiger partial charge in [-0.2, -0.15) is 0 Å². The summed E-state index contributed by atoms with van der Waals surface area (Å²) in [5, 5.41) is 0.532. The van der Waals surface area contributed by atoms with Gasteiger partial charge in [0.1, 0.15) is 6.54 Å². The summed E-state index contributed by atoms with van der Waals surface area (Å²) in [6, 6.07) is 16.9. The number of nitrogens with zero attached hydrogens (tertiary/aromatic N) is 2. The van der Waals surface area contributed by atoms with Crippen LogP contribution >= 0.6 is 11.8 Å². The lowest BCUT2D eigenvalue weighted by Gasteiger charge is -2.24. The third-order valence-corrected chi connectivity index (χ3v) is 6.19. The van der Waals surface area contributed by atoms with Crippen molar-refractivity contribution in [3.63, 3.8) is 0 Å². The van der Waals surface area contributed by atoms with Gasteiger partial charge >= 0.3 is 0 Å². The molecule has 0 aromatic heterocycles. The minimum absolute atomic E-state index is 0.208. The Balaban J connectivity index is 1.66. The molecule has 1 N–H and O–H groups in total. The Bertz CT molecular complexity index is 775. The minimum atomic E-state index is 0.208. The Kier molecular flexibility index (Phi) is 6.45. The van der Waals surface area contributed by atoms with E-state index in [0.29, 0.717) is 11.8 Å². The molecule has 2 aromatic carbocycles. The van der Waals surface area contributed by atoms with Gasteiger partial charge in [-0.25, -0.2) is 0 Å². The van der Waals surface area contributed by atoms with Crippen LogP contribution in [0.1, 0.15) is 18.9 Å². The van der Waals surface area contributed by atoms with Crippen LogP contribution in [0.5, 0.6) is 0 Å². The number of hydrogen-bond acceptors (Lipinski definition) is 3. The number of nitrogens with one attached hydrogen (secondary N) is 1. The van der Waals surface area contributed by atoms with E-state index >= 15 is 0 Å². The molecule has 1 aliphatic heterocycles. The first kappa shape index (κ1) is 19.8. The first-order valence-corrected chi connectivity index (χ1v) is 10.5. The quantitative estimate of drug-likeness (QED) is 0.859. The zero-order valence-corrected chi connectivity index (χ0v) is 17.6. The molecule has 0 fully saturated rings. The molecule has 2 atom stereocenters. The van der Waals surface area contributed by atoms with E-state index in [-0.39, 0.29) is 5.91 Å². The van der Waals surface area contributed by atoms with Crippen LogP contribution < -0.4 is 14.7 Å². The Morgan fingerprint density at radius 3 is 2.59 bits per heavy atom. The molecule has 1 amide bonds. The largest absolute Gasteiger partial charge is 0.378 e. The van der Waals surface area contributed by atoms with Gasteiger partial charge in [0, 0.05) is 42.0 Å². The highest BCUT2D eigenvalue weighted by atomic mass is 32.2. The molecule has 1 unspecified atom stereocenters. The van der Waals surface area contributed by atoms with Crippen molar-refractivity contribution in [2.75, 3.05) is 44.0 Å². The Labute approximate surface area is 167 Å². The molecule has 0 saturated carbocycles. The van der Waals surface area contributed by atoms with Gasteiger partial charge in [-0.3, -0.25) is 4.79 Å². The van der Waals surface area contributed by atoms with E-state index in [1.807, 2.05) is 36.8 Å². The number of likely N-dealkylation sites (N-methyl/N-ethyl adjacent to an activating group) is 1. The number of amides is 1. The topological polar surface area (TPSA) is 28.0 Å². The summed E-state index contributed by atoms with van der Waals surface area (Å²) in [4.78, 5) is 19.6. The first-order chi connectivity index (χ1) is 12.9. The van der Waals surface area contributed by atoms with Crippen LogP contribution in [0, 0.1) is 0 Å². The maximum Gasteiger partial charge on any atom is 0.282 e. The highest BCUT2D eigenvalue weighted by molar-refractivity contribution is 8.00. The highest BCUT2D eigenvalue weighted by Gasteiger charge is 2.25. The molecule has 0 aliphatic carbocycles. The highest BCUT2D eigenvalue weighted by Crippen LogP contribution is 2.37. The SMILES string of the molecule is C[C@H]1CCN(C(=O)C[NH+](C)Cc2ccc(N(C)C)cc2)c2ccccc2S1. The lowest BCUT2D eigenvalue weighted by molar-refractivity contribution is -0.885. The minimum Gasteiger partial charge on any atom is -0.378 e. The number of anilines is 2. The van der Waals surface area contributed by atoms with Crippen LogP contribution in [0.3, 0.4) is 0 Å². The molecule has 27 heavy (non-hydrogen) atoms. The number of rotatable bonds is 5. The summed E-state index contributed by atoms with van der Waals surface area (Å²) in [5.74, 6) is 0.208. The van der Waals surface area contributed by atoms with Crippen LogP contribution in [0.15, 0.2) is 53.4 Å². The van der Waals surface area contributed by atoms with Crippen LogP contribution in [0.2, 0.25) is 0 Å². The molecular weight excluding hydrogens is 354 g/mol. The lowest BCUT2D eigenvalue weighted by Crippen LogP contribution is -3.09. The van der Waals surface area contributed by atoms with Crippen LogP contribution in [-0.4, -0.2) is 45.4 Å². The van der Waals surface area contributed by atoms with E-state index in [1.165, 1.54) is 21.0 Å². The van der Waals surface area contributed by atoms with Gasteiger partial charge in [-0.15, -0.1) is 11.8 Å². The van der Waals surface area contributed by atoms with Crippen molar-refractivity contribution in [1.82, 2.24) is 0 Å². The molecule has 1 heterocycles. The number of hydrogen-bond donors (Lipinski definition) is 1. The van der Waals surface area contributed by atoms with Crippen LogP contribution in [-0.2, 0) is 11.3 Å². The fourth-order valence-electron chi connectivity index (χ4n) is 3.42. The van der Waals surface area contributed by atoms with Gasteiger partial charge in [0.2, 0.25) is 0 Å². The molecule has 0 spiro atoms. The van der Waals surface area contributed by atoms with Crippen molar-refractivity contribution in [3.8, 4) is 0 Å². The average molecular weight is 385 g/mol. The second-order valence-corrected chi connectivity index (χ2v) is 9.08. The molecule has 0 saturated heterocycles. The Morgan fingerprint density at radius 1 is 1.19 bits per heavy atom. The maximum absolute atomic E-state index is 13.1. The average Bonchev–Trinajstić information content (AvgIpc) is 2.80. The van der Waals surface area contributed by atoms with Crippen molar-refractivity contribution in [2.45, 2.75) is 30.0 Å². The molecule has 0 radical (unpaired) electrons. The summed E-state index contributed by atoms with van der Waals surface area (Å²) in [6.45, 7) is 4.39. The smallest absolute Gasteiger partial charge is 0.282 e. The van der Waals surface area contributed by atoms with E-state index in [1.54, 1.807) is 0 Å². The van der Waals surface area contributed by atoms with Crippen molar-refractivity contribution in [2.24, 2.45) is 0 Å². The van der Waals surface area contributed by atoms with Crippen LogP contribution in [0.4, 0.5) is 11.4 Å². The fourth-order valence-corrected chi connectivity index (χ4v) is 4.54. The molecule has 2 aromatic rings. The summed E-state index contributed by atoms with van der Waals surface area (Å²) in [7, 11) is 6.19. The lowest BCUT2D eigenvalue weighted by atomic mass is 10.2. The second kappa shape index (κ2) is 8.81. The third-order valence-electron chi connectivity index (χ3n) is 4.96. The van der Waals surface area contributed by atoms with E-state index in [9.17, 15) is 4.79 Å². The monoisotopic (exact) mass is 384 g/mol. The fraction of sp³-hybridized carbons (Fsp3) is 0.409. The van der Waals surface area contributed by atoms with Crippen molar-refractivity contribution in [3.05, 3.63) is 54.1 Å². The van der Waals surface area contributed by atoms with E-state index in [4.69, 9.17) is 0 Å². The zero-order valence-electron chi connectivity index (χ0n) is 16.7. The van der Waals surface area contributed by atoms with Crippen molar-refractivity contribution in [1.29, 1.82) is 0 Å². The first-order valence-electron chi connectivity index (χ1n) is 9.57. The maximum atomic E-state index is 13.1. The molecule has 3 rings (SSSR count). The van der Waals surface area contributed by atoms with Crippen molar-refractivity contribution < 1.29 is 9.69 Å². The third kappa shape index (κ3) is 5.05. The van der Waals surface area contributed by atoms with E-state index in [2.05, 4.69) is 61.3 Å². The zero-order chi connectivity index (χ0) is 19.4. The number of thioether (sulfide) groups is 1. The predicted octanol–water partition coefficient (Wildman–Crippen LogP) is 2.68. The number of fused-ring (bicyclic) bond motifs is 1. The molecule has 4 nitrogen and oxygen atoms in total. The van der Waals surface area contributed by atoms with Gasteiger partial charge in [0.15, 0.2) is 6.54 Å². The summed E-state index contributed by atoms with van der Waals surface area (Å²) in [6.07, 6.45) is 1.02. The number of carbonyl (C=O) groups excluding carboxylic acids is 1. The van der Waals surface area contributed by atoms with Gasteiger partial charge in [-0.1, -0.05) is 31.2 Å². The Morgan fingerprint density at radius 2 is 1.89 bits per heavy atom. The van der Waals surface area contributed by atoms with Crippen LogP contribution in [0.25, 0.3) is 0 Å².